The molecular weight excluding hydrogens is 272 g/mol. The van der Waals surface area contributed by atoms with E-state index in [2.05, 4.69) is 0 Å². The molecule has 5 nitrogen and oxygen atoms in total. The monoisotopic (exact) mass is 288 g/mol. The molecule has 0 aliphatic carbocycles. The Morgan fingerprint density at radius 2 is 2.22 bits per heavy atom. The largest absolute Gasteiger partial charge is 0.336 e. The van der Waals surface area contributed by atoms with Gasteiger partial charge in [0.1, 0.15) is 4.21 Å². The van der Waals surface area contributed by atoms with Crippen LogP contribution in [0, 0.1) is 6.92 Å². The van der Waals surface area contributed by atoms with Gasteiger partial charge in [-0.3, -0.25) is 4.79 Å². The highest BCUT2D eigenvalue weighted by Crippen LogP contribution is 2.28. The van der Waals surface area contributed by atoms with Crippen molar-refractivity contribution in [1.29, 1.82) is 0 Å². The van der Waals surface area contributed by atoms with Crippen molar-refractivity contribution >= 4 is 27.3 Å². The van der Waals surface area contributed by atoms with Gasteiger partial charge in [-0.2, -0.15) is 0 Å². The second kappa shape index (κ2) is 4.64. The number of hydrogen-bond acceptors (Lipinski definition) is 4. The number of carbonyl (C=O) groups is 1. The average molecular weight is 288 g/mol. The first-order valence-electron chi connectivity index (χ1n) is 5.74. The van der Waals surface area contributed by atoms with Crippen molar-refractivity contribution in [3.8, 4) is 0 Å². The van der Waals surface area contributed by atoms with Crippen LogP contribution in [-0.4, -0.2) is 31.8 Å². The molecule has 1 saturated heterocycles. The number of thiophene rings is 1. The van der Waals surface area contributed by atoms with Gasteiger partial charge in [0.25, 0.3) is 5.91 Å². The van der Waals surface area contributed by atoms with Crippen LogP contribution >= 0.6 is 11.3 Å². The molecule has 1 aromatic heterocycles. The lowest BCUT2D eigenvalue weighted by Gasteiger charge is -2.21. The molecule has 1 amide bonds. The number of amides is 1. The number of sulfonamides is 1. The molecular formula is C11H16N2O3S2. The van der Waals surface area contributed by atoms with E-state index in [1.54, 1.807) is 17.2 Å². The van der Waals surface area contributed by atoms with Crippen molar-refractivity contribution in [3.05, 3.63) is 16.5 Å². The molecule has 1 atom stereocenters. The number of likely N-dealkylation sites (tertiary alicyclic amines) is 1. The molecule has 100 valence electrons. The maximum atomic E-state index is 12.3. The van der Waals surface area contributed by atoms with E-state index in [4.69, 9.17) is 5.14 Å². The summed E-state index contributed by atoms with van der Waals surface area (Å²) in [7, 11) is -3.74. The molecule has 0 saturated carbocycles. The van der Waals surface area contributed by atoms with E-state index in [9.17, 15) is 13.2 Å². The Labute approximate surface area is 111 Å². The molecule has 1 unspecified atom stereocenters. The zero-order valence-electron chi connectivity index (χ0n) is 10.3. The maximum absolute atomic E-state index is 12.3. The zero-order chi connectivity index (χ0) is 13.5. The number of nitrogens with zero attached hydrogens (tertiary/aromatic N) is 1. The van der Waals surface area contributed by atoms with E-state index in [1.165, 1.54) is 0 Å². The van der Waals surface area contributed by atoms with Crippen LogP contribution in [-0.2, 0) is 10.0 Å². The molecule has 2 N–H and O–H groups in total. The van der Waals surface area contributed by atoms with Gasteiger partial charge in [0.15, 0.2) is 0 Å². The van der Waals surface area contributed by atoms with Crippen molar-refractivity contribution in [1.82, 2.24) is 4.90 Å². The lowest BCUT2D eigenvalue weighted by atomic mass is 10.2. The van der Waals surface area contributed by atoms with Crippen LogP contribution in [0.4, 0.5) is 0 Å². The number of hydrogen-bond donors (Lipinski definition) is 1. The Hall–Kier alpha value is -0.920. The average Bonchev–Trinajstić information content (AvgIpc) is 2.82. The third kappa shape index (κ3) is 2.30. The number of rotatable bonds is 2. The predicted octanol–water partition coefficient (Wildman–Crippen LogP) is 1.33. The number of nitrogens with two attached hydrogens (primary N) is 1. The third-order valence-electron chi connectivity index (χ3n) is 3.30. The molecule has 0 spiro atoms. The normalized spacial score (nSPS) is 20.4. The Bertz CT molecular complexity index is 577. The molecule has 2 heterocycles. The summed E-state index contributed by atoms with van der Waals surface area (Å²) in [5.41, 5.74) is 0.921. The lowest BCUT2D eigenvalue weighted by Crippen LogP contribution is -2.33. The van der Waals surface area contributed by atoms with Crippen molar-refractivity contribution in [2.75, 3.05) is 6.54 Å². The zero-order valence-corrected chi connectivity index (χ0v) is 12.0. The minimum atomic E-state index is -3.74. The van der Waals surface area contributed by atoms with E-state index in [-0.39, 0.29) is 16.2 Å². The van der Waals surface area contributed by atoms with E-state index in [0.717, 1.165) is 30.7 Å². The van der Waals surface area contributed by atoms with Gasteiger partial charge in [-0.25, -0.2) is 13.6 Å². The molecule has 1 aromatic rings. The summed E-state index contributed by atoms with van der Waals surface area (Å²) in [4.78, 5) is 14.1. The van der Waals surface area contributed by atoms with Crippen molar-refractivity contribution in [2.45, 2.75) is 36.9 Å². The Balaban J connectivity index is 2.35. The summed E-state index contributed by atoms with van der Waals surface area (Å²) in [5.74, 6) is -0.0938. The predicted molar refractivity (Wildman–Crippen MR) is 70.2 cm³/mol. The Kier molecular flexibility index (Phi) is 3.48. The quantitative estimate of drug-likeness (QED) is 0.891. The molecule has 1 fully saturated rings. The fourth-order valence-electron chi connectivity index (χ4n) is 2.28. The van der Waals surface area contributed by atoms with Gasteiger partial charge in [0, 0.05) is 18.0 Å². The van der Waals surface area contributed by atoms with E-state index in [1.807, 2.05) is 6.92 Å². The molecule has 7 heteroatoms. The van der Waals surface area contributed by atoms with Gasteiger partial charge in [-0.15, -0.1) is 11.3 Å². The van der Waals surface area contributed by atoms with Gasteiger partial charge in [-0.05, 0) is 32.3 Å². The van der Waals surface area contributed by atoms with Gasteiger partial charge in [0.05, 0.1) is 5.56 Å². The fourth-order valence-corrected chi connectivity index (χ4v) is 4.29. The summed E-state index contributed by atoms with van der Waals surface area (Å²) in [6.45, 7) is 4.37. The maximum Gasteiger partial charge on any atom is 0.255 e. The molecule has 18 heavy (non-hydrogen) atoms. The van der Waals surface area contributed by atoms with Crippen LogP contribution in [0.15, 0.2) is 9.59 Å². The second-order valence-corrected chi connectivity index (χ2v) is 7.23. The summed E-state index contributed by atoms with van der Waals surface area (Å²) in [5, 5.41) is 6.70. The minimum absolute atomic E-state index is 0.0812. The third-order valence-corrected chi connectivity index (χ3v) is 5.98. The SMILES string of the molecule is Cc1c(C(=O)N2CCCC2C)csc1S(N)(=O)=O. The van der Waals surface area contributed by atoms with E-state index < -0.39 is 10.0 Å². The first-order valence-corrected chi connectivity index (χ1v) is 8.17. The topological polar surface area (TPSA) is 80.5 Å². The fraction of sp³-hybridized carbons (Fsp3) is 0.545. The van der Waals surface area contributed by atoms with Crippen molar-refractivity contribution in [2.24, 2.45) is 5.14 Å². The summed E-state index contributed by atoms with van der Waals surface area (Å²) < 4.78 is 22.8. The molecule has 0 aromatic carbocycles. The smallest absolute Gasteiger partial charge is 0.255 e. The Morgan fingerprint density at radius 1 is 1.56 bits per heavy atom. The molecule has 0 radical (unpaired) electrons. The van der Waals surface area contributed by atoms with Crippen LogP contribution in [0.1, 0.15) is 35.7 Å². The first kappa shape index (κ1) is 13.5. The molecule has 1 aliphatic rings. The van der Waals surface area contributed by atoms with Crippen LogP contribution in [0.3, 0.4) is 0 Å². The summed E-state index contributed by atoms with van der Waals surface area (Å²) in [6.07, 6.45) is 2.00. The molecule has 0 bridgehead atoms. The Morgan fingerprint density at radius 3 is 2.67 bits per heavy atom. The van der Waals surface area contributed by atoms with Crippen LogP contribution in [0.2, 0.25) is 0 Å². The lowest BCUT2D eigenvalue weighted by molar-refractivity contribution is 0.0747. The highest BCUT2D eigenvalue weighted by molar-refractivity contribution is 7.91. The van der Waals surface area contributed by atoms with E-state index >= 15 is 0 Å². The summed E-state index contributed by atoms with van der Waals surface area (Å²) in [6, 6.07) is 0.217. The highest BCUT2D eigenvalue weighted by atomic mass is 32.2. The van der Waals surface area contributed by atoms with Gasteiger partial charge < -0.3 is 4.90 Å². The number of carbonyl (C=O) groups excluding carboxylic acids is 1. The van der Waals surface area contributed by atoms with Gasteiger partial charge >= 0.3 is 0 Å². The van der Waals surface area contributed by atoms with Crippen molar-refractivity contribution < 1.29 is 13.2 Å². The molecule has 1 aliphatic heterocycles. The van der Waals surface area contributed by atoms with Crippen LogP contribution in [0.5, 0.6) is 0 Å². The molecule has 2 rings (SSSR count). The van der Waals surface area contributed by atoms with Gasteiger partial charge in [-0.1, -0.05) is 0 Å². The standard InChI is InChI=1S/C11H16N2O3S2/c1-7-4-3-5-13(7)10(14)9-6-17-11(8(9)2)18(12,15)16/h6-7H,3-5H2,1-2H3,(H2,12,15,16). The van der Waals surface area contributed by atoms with Gasteiger partial charge in [0.2, 0.25) is 10.0 Å². The van der Waals surface area contributed by atoms with Crippen molar-refractivity contribution in [3.63, 3.8) is 0 Å². The number of primary sulfonamides is 1. The summed E-state index contributed by atoms with van der Waals surface area (Å²) >= 11 is 1.01. The second-order valence-electron chi connectivity index (χ2n) is 4.60. The minimum Gasteiger partial charge on any atom is -0.336 e. The first-order chi connectivity index (χ1) is 8.32. The van der Waals surface area contributed by atoms with Crippen LogP contribution < -0.4 is 5.14 Å². The van der Waals surface area contributed by atoms with Crippen LogP contribution in [0.25, 0.3) is 0 Å². The highest BCUT2D eigenvalue weighted by Gasteiger charge is 2.29. The van der Waals surface area contributed by atoms with E-state index in [0.29, 0.717) is 11.1 Å².